The average molecular weight is 340 g/mol. The number of benzene rings is 1. The fraction of sp³-hybridized carbons (Fsp3) is 0.562. The van der Waals surface area contributed by atoms with E-state index in [0.29, 0.717) is 12.3 Å². The molecule has 20 heavy (non-hydrogen) atoms. The van der Waals surface area contributed by atoms with E-state index in [1.54, 1.807) is 0 Å². The van der Waals surface area contributed by atoms with Gasteiger partial charge in [-0.3, -0.25) is 4.79 Å². The zero-order valence-electron chi connectivity index (χ0n) is 11.7. The highest BCUT2D eigenvalue weighted by molar-refractivity contribution is 9.10. The van der Waals surface area contributed by atoms with E-state index in [9.17, 15) is 4.79 Å². The highest BCUT2D eigenvalue weighted by Gasteiger charge is 2.20. The molecule has 3 nitrogen and oxygen atoms in total. The normalized spacial score (nSPS) is 17.2. The van der Waals surface area contributed by atoms with Gasteiger partial charge < -0.3 is 10.0 Å². The minimum atomic E-state index is -0.682. The first-order valence-corrected chi connectivity index (χ1v) is 8.14. The van der Waals surface area contributed by atoms with E-state index in [4.69, 9.17) is 5.11 Å². The van der Waals surface area contributed by atoms with E-state index in [1.807, 2.05) is 0 Å². The van der Waals surface area contributed by atoms with Crippen LogP contribution in [0.3, 0.4) is 0 Å². The lowest BCUT2D eigenvalue weighted by atomic mass is 9.89. The second-order valence-electron chi connectivity index (χ2n) is 5.52. The number of hydrogen-bond donors (Lipinski definition) is 1. The fourth-order valence-corrected chi connectivity index (χ4v) is 3.28. The number of nitrogens with zero attached hydrogens (tertiary/aromatic N) is 1. The average Bonchev–Trinajstić information content (AvgIpc) is 2.44. The van der Waals surface area contributed by atoms with Crippen molar-refractivity contribution in [2.45, 2.75) is 38.0 Å². The topological polar surface area (TPSA) is 40.5 Å². The standard InChI is InChI=1S/C16H22BrNO2/c17-15-5-3-4-14(12-15)13-7-10-18(11-8-13)9-2-1-6-16(19)20/h3-5,12-13H,1-2,6-11H2,(H,19,20). The number of piperidine rings is 1. The summed E-state index contributed by atoms with van der Waals surface area (Å²) in [6, 6.07) is 8.63. The second kappa shape index (κ2) is 7.79. The lowest BCUT2D eigenvalue weighted by molar-refractivity contribution is -0.137. The van der Waals surface area contributed by atoms with Crippen LogP contribution in [0.2, 0.25) is 0 Å². The monoisotopic (exact) mass is 339 g/mol. The molecule has 0 aromatic heterocycles. The van der Waals surface area contributed by atoms with Crippen molar-refractivity contribution in [3.63, 3.8) is 0 Å². The van der Waals surface area contributed by atoms with E-state index in [-0.39, 0.29) is 0 Å². The molecule has 1 aliphatic rings. The second-order valence-corrected chi connectivity index (χ2v) is 6.44. The van der Waals surface area contributed by atoms with Crippen molar-refractivity contribution in [2.75, 3.05) is 19.6 Å². The third-order valence-corrected chi connectivity index (χ3v) is 4.52. The van der Waals surface area contributed by atoms with Gasteiger partial charge in [-0.25, -0.2) is 0 Å². The van der Waals surface area contributed by atoms with Gasteiger partial charge in [0.1, 0.15) is 0 Å². The Labute approximate surface area is 129 Å². The van der Waals surface area contributed by atoms with Gasteiger partial charge in [-0.1, -0.05) is 28.1 Å². The zero-order chi connectivity index (χ0) is 14.4. The van der Waals surface area contributed by atoms with Gasteiger partial charge in [0.2, 0.25) is 0 Å². The number of carboxylic acid groups (broad SMARTS) is 1. The molecule has 0 unspecified atom stereocenters. The molecule has 4 heteroatoms. The number of carboxylic acids is 1. The van der Waals surface area contributed by atoms with Gasteiger partial charge >= 0.3 is 5.97 Å². The summed E-state index contributed by atoms with van der Waals surface area (Å²) < 4.78 is 1.16. The molecule has 0 bridgehead atoms. The molecule has 1 aromatic rings. The fourth-order valence-electron chi connectivity index (χ4n) is 2.86. The van der Waals surface area contributed by atoms with Gasteiger partial charge in [0.15, 0.2) is 0 Å². The number of aliphatic carboxylic acids is 1. The van der Waals surface area contributed by atoms with Gasteiger partial charge in [-0.15, -0.1) is 0 Å². The molecule has 0 atom stereocenters. The van der Waals surface area contributed by atoms with Crippen molar-refractivity contribution in [3.8, 4) is 0 Å². The maximum Gasteiger partial charge on any atom is 0.303 e. The summed E-state index contributed by atoms with van der Waals surface area (Å²) in [6.07, 6.45) is 4.49. The molecule has 110 valence electrons. The van der Waals surface area contributed by atoms with Crippen molar-refractivity contribution < 1.29 is 9.90 Å². The van der Waals surface area contributed by atoms with Gasteiger partial charge in [-0.05, 0) is 68.9 Å². The largest absolute Gasteiger partial charge is 0.481 e. The van der Waals surface area contributed by atoms with Gasteiger partial charge in [0.05, 0.1) is 0 Å². The summed E-state index contributed by atoms with van der Waals surface area (Å²) in [5.74, 6) is -0.0128. The molecular formula is C16H22BrNO2. The van der Waals surface area contributed by atoms with E-state index < -0.39 is 5.97 Å². The lowest BCUT2D eigenvalue weighted by Gasteiger charge is -2.32. The molecule has 1 aromatic carbocycles. The maximum absolute atomic E-state index is 10.5. The summed E-state index contributed by atoms with van der Waals surface area (Å²) in [5.41, 5.74) is 1.44. The predicted octanol–water partition coefficient (Wildman–Crippen LogP) is 3.88. The molecule has 0 spiro atoms. The Morgan fingerprint density at radius 1 is 1.30 bits per heavy atom. The number of hydrogen-bond acceptors (Lipinski definition) is 2. The van der Waals surface area contributed by atoms with Crippen LogP contribution in [0, 0.1) is 0 Å². The molecule has 0 saturated carbocycles. The number of rotatable bonds is 6. The van der Waals surface area contributed by atoms with E-state index >= 15 is 0 Å². The van der Waals surface area contributed by atoms with Crippen LogP contribution < -0.4 is 0 Å². The third-order valence-electron chi connectivity index (χ3n) is 4.02. The van der Waals surface area contributed by atoms with Crippen LogP contribution in [0.1, 0.15) is 43.6 Å². The molecule has 1 N–H and O–H groups in total. The minimum absolute atomic E-state index is 0.300. The minimum Gasteiger partial charge on any atom is -0.481 e. The quantitative estimate of drug-likeness (QED) is 0.799. The molecule has 1 aliphatic heterocycles. The molecule has 1 heterocycles. The summed E-state index contributed by atoms with van der Waals surface area (Å²) in [7, 11) is 0. The summed E-state index contributed by atoms with van der Waals surface area (Å²) >= 11 is 3.54. The summed E-state index contributed by atoms with van der Waals surface area (Å²) in [6.45, 7) is 3.30. The van der Waals surface area contributed by atoms with E-state index in [2.05, 4.69) is 45.1 Å². The first-order valence-electron chi connectivity index (χ1n) is 7.35. The van der Waals surface area contributed by atoms with Gasteiger partial charge in [0.25, 0.3) is 0 Å². The molecule has 1 saturated heterocycles. The van der Waals surface area contributed by atoms with Crippen molar-refractivity contribution in [2.24, 2.45) is 0 Å². The van der Waals surface area contributed by atoms with Crippen LogP contribution in [0.25, 0.3) is 0 Å². The molecule has 0 aliphatic carbocycles. The Hall–Kier alpha value is -0.870. The Morgan fingerprint density at radius 2 is 2.05 bits per heavy atom. The Bertz CT molecular complexity index is 442. The van der Waals surface area contributed by atoms with Crippen LogP contribution in [0.15, 0.2) is 28.7 Å². The highest BCUT2D eigenvalue weighted by atomic mass is 79.9. The number of unbranched alkanes of at least 4 members (excludes halogenated alkanes) is 1. The highest BCUT2D eigenvalue weighted by Crippen LogP contribution is 2.29. The van der Waals surface area contributed by atoms with E-state index in [1.165, 1.54) is 18.4 Å². The smallest absolute Gasteiger partial charge is 0.303 e. The lowest BCUT2D eigenvalue weighted by Crippen LogP contribution is -2.33. The van der Waals surface area contributed by atoms with Crippen molar-refractivity contribution in [1.82, 2.24) is 4.90 Å². The summed E-state index contributed by atoms with van der Waals surface area (Å²) in [5, 5.41) is 8.62. The van der Waals surface area contributed by atoms with Crippen LogP contribution in [-0.4, -0.2) is 35.6 Å². The van der Waals surface area contributed by atoms with Crippen molar-refractivity contribution >= 4 is 21.9 Å². The summed E-state index contributed by atoms with van der Waals surface area (Å²) in [4.78, 5) is 12.9. The number of halogens is 1. The SMILES string of the molecule is O=C(O)CCCCN1CCC(c2cccc(Br)c2)CC1. The Kier molecular flexibility index (Phi) is 6.05. The van der Waals surface area contributed by atoms with Crippen LogP contribution in [-0.2, 0) is 4.79 Å². The number of carbonyl (C=O) groups is 1. The molecule has 1 fully saturated rings. The molecule has 0 amide bonds. The van der Waals surface area contributed by atoms with Crippen molar-refractivity contribution in [1.29, 1.82) is 0 Å². The van der Waals surface area contributed by atoms with E-state index in [0.717, 1.165) is 36.9 Å². The van der Waals surface area contributed by atoms with Crippen LogP contribution >= 0.6 is 15.9 Å². The predicted molar refractivity (Wildman–Crippen MR) is 84.0 cm³/mol. The van der Waals surface area contributed by atoms with Gasteiger partial charge in [0, 0.05) is 10.9 Å². The van der Waals surface area contributed by atoms with Crippen molar-refractivity contribution in [3.05, 3.63) is 34.3 Å². The first kappa shape index (κ1) is 15.5. The van der Waals surface area contributed by atoms with Gasteiger partial charge in [-0.2, -0.15) is 0 Å². The number of likely N-dealkylation sites (tertiary alicyclic amines) is 1. The maximum atomic E-state index is 10.5. The zero-order valence-corrected chi connectivity index (χ0v) is 13.3. The first-order chi connectivity index (χ1) is 9.65. The Balaban J connectivity index is 1.71. The van der Waals surface area contributed by atoms with Crippen LogP contribution in [0.4, 0.5) is 0 Å². The molecular weight excluding hydrogens is 318 g/mol. The molecule has 2 rings (SSSR count). The third kappa shape index (κ3) is 4.91. The Morgan fingerprint density at radius 3 is 2.70 bits per heavy atom. The van der Waals surface area contributed by atoms with Crippen LogP contribution in [0.5, 0.6) is 0 Å². The molecule has 0 radical (unpaired) electrons.